The van der Waals surface area contributed by atoms with Gasteiger partial charge in [-0.2, -0.15) is 0 Å². The summed E-state index contributed by atoms with van der Waals surface area (Å²) in [6, 6.07) is 5.33. The lowest BCUT2D eigenvalue weighted by Gasteiger charge is -2.33. The van der Waals surface area contributed by atoms with Crippen molar-refractivity contribution in [3.8, 4) is 5.75 Å². The molecule has 1 aliphatic carbocycles. The fraction of sp³-hybridized carbons (Fsp3) is 0.647. The summed E-state index contributed by atoms with van der Waals surface area (Å²) in [6.07, 6.45) is 4.99. The predicted octanol–water partition coefficient (Wildman–Crippen LogP) is 4.09. The first-order valence-electron chi connectivity index (χ1n) is 7.78. The summed E-state index contributed by atoms with van der Waals surface area (Å²) in [6.45, 7) is 5.24. The first-order valence-corrected chi connectivity index (χ1v) is 7.78. The van der Waals surface area contributed by atoms with Crippen molar-refractivity contribution >= 4 is 0 Å². The van der Waals surface area contributed by atoms with E-state index in [1.807, 2.05) is 13.0 Å². The Labute approximate surface area is 121 Å². The van der Waals surface area contributed by atoms with Crippen molar-refractivity contribution in [1.82, 2.24) is 0 Å². The predicted molar refractivity (Wildman–Crippen MR) is 80.5 cm³/mol. The fourth-order valence-corrected chi connectivity index (χ4v) is 3.47. The van der Waals surface area contributed by atoms with Crippen molar-refractivity contribution in [3.63, 3.8) is 0 Å². The minimum Gasteiger partial charge on any atom is -0.491 e. The summed E-state index contributed by atoms with van der Waals surface area (Å²) in [5.41, 5.74) is 7.00. The van der Waals surface area contributed by atoms with Crippen molar-refractivity contribution in [2.75, 3.05) is 13.2 Å². The summed E-state index contributed by atoms with van der Waals surface area (Å²) in [5, 5.41) is 0. The Bertz CT molecular complexity index is 435. The summed E-state index contributed by atoms with van der Waals surface area (Å²) in [5.74, 6) is 1.68. The molecule has 3 heteroatoms. The van der Waals surface area contributed by atoms with E-state index in [9.17, 15) is 4.39 Å². The van der Waals surface area contributed by atoms with Gasteiger partial charge in [0.15, 0.2) is 11.6 Å². The third-order valence-corrected chi connectivity index (χ3v) is 4.48. The number of benzene rings is 1. The van der Waals surface area contributed by atoms with Crippen molar-refractivity contribution in [2.24, 2.45) is 17.6 Å². The number of hydrogen-bond donors (Lipinski definition) is 1. The Kier molecular flexibility index (Phi) is 5.41. The topological polar surface area (TPSA) is 35.2 Å². The van der Waals surface area contributed by atoms with Gasteiger partial charge in [-0.15, -0.1) is 0 Å². The fourth-order valence-electron chi connectivity index (χ4n) is 3.47. The number of ether oxygens (including phenoxy) is 1. The van der Waals surface area contributed by atoms with Crippen LogP contribution in [0.15, 0.2) is 18.2 Å². The van der Waals surface area contributed by atoms with Gasteiger partial charge in [-0.3, -0.25) is 0 Å². The highest BCUT2D eigenvalue weighted by molar-refractivity contribution is 5.32. The van der Waals surface area contributed by atoms with Crippen LogP contribution in [0.4, 0.5) is 4.39 Å². The molecule has 0 bridgehead atoms. The lowest BCUT2D eigenvalue weighted by atomic mass is 9.73. The Morgan fingerprint density at radius 1 is 1.40 bits per heavy atom. The SMILES string of the molecule is CCOc1ccc(C(CN)C2CCCC(C)C2)cc1F. The average Bonchev–Trinajstić information content (AvgIpc) is 2.43. The van der Waals surface area contributed by atoms with Gasteiger partial charge in [0.25, 0.3) is 0 Å². The van der Waals surface area contributed by atoms with Gasteiger partial charge >= 0.3 is 0 Å². The summed E-state index contributed by atoms with van der Waals surface area (Å²) in [4.78, 5) is 0. The molecule has 0 aliphatic heterocycles. The zero-order chi connectivity index (χ0) is 14.5. The van der Waals surface area contributed by atoms with E-state index in [0.29, 0.717) is 24.8 Å². The Hall–Kier alpha value is -1.09. The van der Waals surface area contributed by atoms with Gasteiger partial charge in [0, 0.05) is 0 Å². The van der Waals surface area contributed by atoms with E-state index in [-0.39, 0.29) is 11.7 Å². The van der Waals surface area contributed by atoms with Crippen molar-refractivity contribution in [2.45, 2.75) is 45.4 Å². The first kappa shape index (κ1) is 15.3. The Balaban J connectivity index is 2.16. The zero-order valence-electron chi connectivity index (χ0n) is 12.6. The average molecular weight is 279 g/mol. The van der Waals surface area contributed by atoms with Crippen LogP contribution >= 0.6 is 0 Å². The molecule has 0 spiro atoms. The van der Waals surface area contributed by atoms with Crippen molar-refractivity contribution < 1.29 is 9.13 Å². The standard InChI is InChI=1S/C17H26FNO/c1-3-20-17-8-7-14(10-16(17)18)15(11-19)13-6-4-5-12(2)9-13/h7-8,10,12-13,15H,3-6,9,11,19H2,1-2H3. The molecule has 0 saturated heterocycles. The number of hydrogen-bond acceptors (Lipinski definition) is 2. The molecular formula is C17H26FNO. The number of halogens is 1. The van der Waals surface area contributed by atoms with E-state index in [4.69, 9.17) is 10.5 Å². The highest BCUT2D eigenvalue weighted by Gasteiger charge is 2.27. The zero-order valence-corrected chi connectivity index (χ0v) is 12.6. The normalized spacial score (nSPS) is 24.4. The van der Waals surface area contributed by atoms with E-state index >= 15 is 0 Å². The number of rotatable bonds is 5. The second-order valence-electron chi connectivity index (χ2n) is 6.00. The molecule has 0 radical (unpaired) electrons. The van der Waals surface area contributed by atoms with Gasteiger partial charge in [0.05, 0.1) is 6.61 Å². The van der Waals surface area contributed by atoms with Crippen LogP contribution in [0, 0.1) is 17.7 Å². The Morgan fingerprint density at radius 3 is 2.80 bits per heavy atom. The molecule has 112 valence electrons. The van der Waals surface area contributed by atoms with Crippen LogP contribution < -0.4 is 10.5 Å². The smallest absolute Gasteiger partial charge is 0.165 e. The second-order valence-corrected chi connectivity index (χ2v) is 6.00. The quantitative estimate of drug-likeness (QED) is 0.881. The summed E-state index contributed by atoms with van der Waals surface area (Å²) < 4.78 is 19.3. The van der Waals surface area contributed by atoms with E-state index in [1.54, 1.807) is 12.1 Å². The summed E-state index contributed by atoms with van der Waals surface area (Å²) in [7, 11) is 0. The third kappa shape index (κ3) is 3.51. The molecule has 0 amide bonds. The molecule has 1 saturated carbocycles. The molecule has 2 nitrogen and oxygen atoms in total. The van der Waals surface area contributed by atoms with Crippen LogP contribution in [-0.4, -0.2) is 13.2 Å². The van der Waals surface area contributed by atoms with E-state index < -0.39 is 0 Å². The van der Waals surface area contributed by atoms with E-state index in [0.717, 1.165) is 11.5 Å². The molecule has 1 aromatic rings. The second kappa shape index (κ2) is 7.07. The lowest BCUT2D eigenvalue weighted by Crippen LogP contribution is -2.26. The van der Waals surface area contributed by atoms with E-state index in [1.165, 1.54) is 25.7 Å². The number of nitrogens with two attached hydrogens (primary N) is 1. The molecule has 1 fully saturated rings. The highest BCUT2D eigenvalue weighted by atomic mass is 19.1. The van der Waals surface area contributed by atoms with Gasteiger partial charge in [0.1, 0.15) is 0 Å². The van der Waals surface area contributed by atoms with Crippen LogP contribution in [0.3, 0.4) is 0 Å². The first-order chi connectivity index (χ1) is 9.65. The van der Waals surface area contributed by atoms with Crippen molar-refractivity contribution in [1.29, 1.82) is 0 Å². The van der Waals surface area contributed by atoms with Gasteiger partial charge in [-0.25, -0.2) is 4.39 Å². The van der Waals surface area contributed by atoms with Crippen LogP contribution in [0.2, 0.25) is 0 Å². The largest absolute Gasteiger partial charge is 0.491 e. The van der Waals surface area contributed by atoms with Gasteiger partial charge in [0.2, 0.25) is 0 Å². The minimum absolute atomic E-state index is 0.267. The lowest BCUT2D eigenvalue weighted by molar-refractivity contribution is 0.247. The summed E-state index contributed by atoms with van der Waals surface area (Å²) >= 11 is 0. The minimum atomic E-state index is -0.272. The van der Waals surface area contributed by atoms with Crippen LogP contribution in [0.1, 0.15) is 51.0 Å². The molecule has 2 N–H and O–H groups in total. The van der Waals surface area contributed by atoms with Crippen LogP contribution in [0.25, 0.3) is 0 Å². The third-order valence-electron chi connectivity index (χ3n) is 4.48. The highest BCUT2D eigenvalue weighted by Crippen LogP contribution is 2.38. The monoisotopic (exact) mass is 279 g/mol. The maximum atomic E-state index is 14.0. The van der Waals surface area contributed by atoms with Gasteiger partial charge in [-0.05, 0) is 61.8 Å². The molecule has 3 unspecified atom stereocenters. The molecule has 0 aromatic heterocycles. The molecular weight excluding hydrogens is 253 g/mol. The van der Waals surface area contributed by atoms with Crippen molar-refractivity contribution in [3.05, 3.63) is 29.6 Å². The molecule has 20 heavy (non-hydrogen) atoms. The molecule has 1 aromatic carbocycles. The van der Waals surface area contributed by atoms with Gasteiger partial charge < -0.3 is 10.5 Å². The maximum absolute atomic E-state index is 14.0. The molecule has 1 aliphatic rings. The maximum Gasteiger partial charge on any atom is 0.165 e. The van der Waals surface area contributed by atoms with E-state index in [2.05, 4.69) is 6.92 Å². The molecule has 0 heterocycles. The van der Waals surface area contributed by atoms with Gasteiger partial charge in [-0.1, -0.05) is 25.8 Å². The van der Waals surface area contributed by atoms with Crippen LogP contribution in [-0.2, 0) is 0 Å². The molecule has 2 rings (SSSR count). The van der Waals surface area contributed by atoms with Crippen LogP contribution in [0.5, 0.6) is 5.75 Å². The molecule has 3 atom stereocenters. The Morgan fingerprint density at radius 2 is 2.20 bits per heavy atom.